The second-order valence-corrected chi connectivity index (χ2v) is 10.6. The molecule has 0 aliphatic carbocycles. The van der Waals surface area contributed by atoms with Gasteiger partial charge in [0.2, 0.25) is 0 Å². The highest BCUT2D eigenvalue weighted by molar-refractivity contribution is 7.92. The van der Waals surface area contributed by atoms with Gasteiger partial charge in [0.1, 0.15) is 5.82 Å². The Kier molecular flexibility index (Phi) is 6.63. The number of sulfonamides is 1. The van der Waals surface area contributed by atoms with Crippen LogP contribution in [0.4, 0.5) is 10.1 Å². The molecule has 7 nitrogen and oxygen atoms in total. The first-order chi connectivity index (χ1) is 15.7. The van der Waals surface area contributed by atoms with Crippen LogP contribution in [-0.2, 0) is 23.6 Å². The number of aryl methyl sites for hydroxylation is 2. The number of rotatable bonds is 7. The summed E-state index contributed by atoms with van der Waals surface area (Å²) < 4.78 is 49.2. The van der Waals surface area contributed by atoms with Gasteiger partial charge in [-0.05, 0) is 74.0 Å². The van der Waals surface area contributed by atoms with Gasteiger partial charge in [0, 0.05) is 31.9 Å². The first-order valence-corrected chi connectivity index (χ1v) is 12.8. The Hall–Kier alpha value is -2.65. The third-order valence-corrected chi connectivity index (χ3v) is 7.71. The number of nitrogens with zero attached hydrogens (tertiary/aromatic N) is 2. The van der Waals surface area contributed by atoms with E-state index in [0.717, 1.165) is 31.5 Å². The average Bonchev–Trinajstić information content (AvgIpc) is 3.05. The molecule has 0 amide bonds. The SMILES string of the molecule is CCCC1CCCN(Cc2cc(S(=O)(=O)Nc3ccc(F)c(C)c3)cc3oc(=O)n(C)c23)C1. The molecule has 9 heteroatoms. The Balaban J connectivity index is 1.71. The van der Waals surface area contributed by atoms with Gasteiger partial charge in [-0.2, -0.15) is 0 Å². The Morgan fingerprint density at radius 1 is 1.24 bits per heavy atom. The van der Waals surface area contributed by atoms with Crippen LogP contribution in [0.5, 0.6) is 0 Å². The number of piperidine rings is 1. The van der Waals surface area contributed by atoms with Crippen molar-refractivity contribution in [3.8, 4) is 0 Å². The molecule has 0 bridgehead atoms. The lowest BCUT2D eigenvalue weighted by molar-refractivity contribution is 0.161. The molecule has 1 aliphatic rings. The number of nitrogens with one attached hydrogen (secondary N) is 1. The molecule has 1 fully saturated rings. The lowest BCUT2D eigenvalue weighted by atomic mass is 9.93. The van der Waals surface area contributed by atoms with Crippen LogP contribution >= 0.6 is 0 Å². The predicted octanol–water partition coefficient (Wildman–Crippen LogP) is 4.39. The van der Waals surface area contributed by atoms with Crippen molar-refractivity contribution in [1.29, 1.82) is 0 Å². The maximum Gasteiger partial charge on any atom is 0.419 e. The number of benzene rings is 2. The number of fused-ring (bicyclic) bond motifs is 1. The molecule has 1 unspecified atom stereocenters. The Labute approximate surface area is 193 Å². The highest BCUT2D eigenvalue weighted by Crippen LogP contribution is 2.28. The quantitative estimate of drug-likeness (QED) is 0.548. The van der Waals surface area contributed by atoms with Crippen LogP contribution in [0, 0.1) is 18.7 Å². The lowest BCUT2D eigenvalue weighted by Gasteiger charge is -2.32. The van der Waals surface area contributed by atoms with E-state index < -0.39 is 21.6 Å². The van der Waals surface area contributed by atoms with Crippen molar-refractivity contribution in [2.24, 2.45) is 13.0 Å². The van der Waals surface area contributed by atoms with Crippen molar-refractivity contribution in [3.05, 3.63) is 57.8 Å². The van der Waals surface area contributed by atoms with Gasteiger partial charge in [-0.3, -0.25) is 14.2 Å². The number of hydrogen-bond acceptors (Lipinski definition) is 5. The van der Waals surface area contributed by atoms with Gasteiger partial charge < -0.3 is 4.42 Å². The van der Waals surface area contributed by atoms with E-state index in [9.17, 15) is 17.6 Å². The van der Waals surface area contributed by atoms with Gasteiger partial charge in [0.15, 0.2) is 5.58 Å². The van der Waals surface area contributed by atoms with E-state index in [2.05, 4.69) is 16.5 Å². The fraction of sp³-hybridized carbons (Fsp3) is 0.458. The van der Waals surface area contributed by atoms with Crippen molar-refractivity contribution >= 4 is 26.8 Å². The van der Waals surface area contributed by atoms with Crippen molar-refractivity contribution in [2.75, 3.05) is 17.8 Å². The minimum absolute atomic E-state index is 0.00319. The van der Waals surface area contributed by atoms with E-state index in [-0.39, 0.29) is 16.2 Å². The van der Waals surface area contributed by atoms with E-state index in [1.807, 2.05) is 0 Å². The van der Waals surface area contributed by atoms with E-state index in [0.29, 0.717) is 23.5 Å². The molecule has 0 radical (unpaired) electrons. The standard InChI is InChI=1S/C24H30FN3O4S/c1-4-6-17-7-5-10-28(14-17)15-18-12-20(13-22-23(18)27(3)24(29)32-22)33(30,31)26-19-8-9-21(25)16(2)11-19/h8-9,11-13,17,26H,4-7,10,14-15H2,1-3H3. The number of aromatic nitrogens is 1. The van der Waals surface area contributed by atoms with Gasteiger partial charge in [0.05, 0.1) is 10.4 Å². The number of hydrogen-bond donors (Lipinski definition) is 1. The Morgan fingerprint density at radius 3 is 2.76 bits per heavy atom. The van der Waals surface area contributed by atoms with Crippen LogP contribution in [0.3, 0.4) is 0 Å². The minimum Gasteiger partial charge on any atom is -0.408 e. The molecule has 2 heterocycles. The first kappa shape index (κ1) is 23.5. The van der Waals surface area contributed by atoms with E-state index in [1.165, 1.54) is 41.7 Å². The van der Waals surface area contributed by atoms with Gasteiger partial charge >= 0.3 is 5.76 Å². The molecule has 33 heavy (non-hydrogen) atoms. The molecular formula is C24H30FN3O4S. The molecular weight excluding hydrogens is 445 g/mol. The number of halogens is 1. The summed E-state index contributed by atoms with van der Waals surface area (Å²) in [4.78, 5) is 14.5. The van der Waals surface area contributed by atoms with Gasteiger partial charge in [-0.25, -0.2) is 17.6 Å². The van der Waals surface area contributed by atoms with Crippen molar-refractivity contribution < 1.29 is 17.2 Å². The van der Waals surface area contributed by atoms with E-state index >= 15 is 0 Å². The van der Waals surface area contributed by atoms with Crippen LogP contribution in [0.1, 0.15) is 43.7 Å². The second kappa shape index (κ2) is 9.30. The topological polar surface area (TPSA) is 84.6 Å². The Morgan fingerprint density at radius 2 is 2.03 bits per heavy atom. The number of likely N-dealkylation sites (tertiary alicyclic amines) is 1. The van der Waals surface area contributed by atoms with E-state index in [4.69, 9.17) is 4.42 Å². The summed E-state index contributed by atoms with van der Waals surface area (Å²) in [6.45, 7) is 6.17. The van der Waals surface area contributed by atoms with Crippen molar-refractivity contribution in [2.45, 2.75) is 51.0 Å². The maximum absolute atomic E-state index is 13.6. The molecule has 1 saturated heterocycles. The molecule has 178 valence electrons. The molecule has 1 atom stereocenters. The summed E-state index contributed by atoms with van der Waals surface area (Å²) in [5, 5.41) is 0. The number of anilines is 1. The maximum atomic E-state index is 13.6. The molecule has 1 aromatic heterocycles. The molecule has 0 spiro atoms. The molecule has 0 saturated carbocycles. The largest absolute Gasteiger partial charge is 0.419 e. The highest BCUT2D eigenvalue weighted by Gasteiger charge is 2.24. The summed E-state index contributed by atoms with van der Waals surface area (Å²) in [6, 6.07) is 7.02. The molecule has 1 N–H and O–H groups in total. The third kappa shape index (κ3) is 4.99. The average molecular weight is 476 g/mol. The predicted molar refractivity (Wildman–Crippen MR) is 126 cm³/mol. The summed E-state index contributed by atoms with van der Waals surface area (Å²) in [5.41, 5.74) is 2.18. The van der Waals surface area contributed by atoms with Crippen LogP contribution < -0.4 is 10.5 Å². The molecule has 3 aromatic rings. The summed E-state index contributed by atoms with van der Waals surface area (Å²) in [5.74, 6) is -0.316. The monoisotopic (exact) mass is 475 g/mol. The van der Waals surface area contributed by atoms with Crippen molar-refractivity contribution in [1.82, 2.24) is 9.47 Å². The third-order valence-electron chi connectivity index (χ3n) is 6.35. The fourth-order valence-corrected chi connectivity index (χ4v) is 5.84. The second-order valence-electron chi connectivity index (χ2n) is 8.96. The summed E-state index contributed by atoms with van der Waals surface area (Å²) in [7, 11) is -2.36. The number of oxazole rings is 1. The highest BCUT2D eigenvalue weighted by atomic mass is 32.2. The van der Waals surface area contributed by atoms with Crippen molar-refractivity contribution in [3.63, 3.8) is 0 Å². The summed E-state index contributed by atoms with van der Waals surface area (Å²) in [6.07, 6.45) is 4.62. The minimum atomic E-state index is -3.98. The summed E-state index contributed by atoms with van der Waals surface area (Å²) >= 11 is 0. The van der Waals surface area contributed by atoms with Crippen LogP contribution in [-0.4, -0.2) is 31.0 Å². The zero-order valence-corrected chi connectivity index (χ0v) is 20.0. The Bertz CT molecular complexity index is 1330. The van der Waals surface area contributed by atoms with Crippen LogP contribution in [0.2, 0.25) is 0 Å². The van der Waals surface area contributed by atoms with Gasteiger partial charge in [-0.1, -0.05) is 13.3 Å². The normalized spacial score (nSPS) is 17.5. The smallest absolute Gasteiger partial charge is 0.408 e. The van der Waals surface area contributed by atoms with Gasteiger partial charge in [0.25, 0.3) is 10.0 Å². The molecule has 2 aromatic carbocycles. The zero-order chi connectivity index (χ0) is 23.8. The van der Waals surface area contributed by atoms with Crippen LogP contribution in [0.25, 0.3) is 11.1 Å². The zero-order valence-electron chi connectivity index (χ0n) is 19.2. The first-order valence-electron chi connectivity index (χ1n) is 11.3. The molecule has 4 rings (SSSR count). The van der Waals surface area contributed by atoms with E-state index in [1.54, 1.807) is 20.0 Å². The van der Waals surface area contributed by atoms with Gasteiger partial charge in [-0.15, -0.1) is 0 Å². The lowest BCUT2D eigenvalue weighted by Crippen LogP contribution is -2.35. The van der Waals surface area contributed by atoms with Crippen LogP contribution in [0.15, 0.2) is 44.4 Å². The molecule has 1 aliphatic heterocycles. The fourth-order valence-electron chi connectivity index (χ4n) is 4.73.